The number of carbonyl (C=O) groups excluding carboxylic acids is 1. The first-order valence-electron chi connectivity index (χ1n) is 6.62. The monoisotopic (exact) mass is 273 g/mol. The van der Waals surface area contributed by atoms with Crippen molar-refractivity contribution in [2.24, 2.45) is 0 Å². The Morgan fingerprint density at radius 2 is 2.10 bits per heavy atom. The van der Waals surface area contributed by atoms with Gasteiger partial charge in [0.1, 0.15) is 5.75 Å². The minimum absolute atomic E-state index is 0.0309. The third kappa shape index (κ3) is 3.60. The SMILES string of the molecule is CCc1cc(NC(=O)COc2ccc(C)c(C)c2)n[nH]1. The van der Waals surface area contributed by atoms with Gasteiger partial charge in [-0.1, -0.05) is 13.0 Å². The van der Waals surface area contributed by atoms with E-state index in [0.29, 0.717) is 11.6 Å². The van der Waals surface area contributed by atoms with Crippen LogP contribution in [0.4, 0.5) is 5.82 Å². The van der Waals surface area contributed by atoms with E-state index in [1.54, 1.807) is 0 Å². The highest BCUT2D eigenvalue weighted by Gasteiger charge is 2.07. The lowest BCUT2D eigenvalue weighted by atomic mass is 10.1. The number of rotatable bonds is 5. The third-order valence-corrected chi connectivity index (χ3v) is 3.13. The molecule has 0 saturated heterocycles. The van der Waals surface area contributed by atoms with Gasteiger partial charge in [0.05, 0.1) is 0 Å². The Morgan fingerprint density at radius 3 is 2.75 bits per heavy atom. The van der Waals surface area contributed by atoms with Crippen molar-refractivity contribution in [1.29, 1.82) is 0 Å². The third-order valence-electron chi connectivity index (χ3n) is 3.13. The lowest BCUT2D eigenvalue weighted by Gasteiger charge is -2.07. The minimum Gasteiger partial charge on any atom is -0.484 e. The van der Waals surface area contributed by atoms with Crippen LogP contribution in [0.1, 0.15) is 23.7 Å². The fraction of sp³-hybridized carbons (Fsp3) is 0.333. The van der Waals surface area contributed by atoms with Crippen molar-refractivity contribution >= 4 is 11.7 Å². The molecule has 2 N–H and O–H groups in total. The lowest BCUT2D eigenvalue weighted by molar-refractivity contribution is -0.118. The summed E-state index contributed by atoms with van der Waals surface area (Å²) in [5, 5.41) is 9.52. The molecular formula is C15H19N3O2. The van der Waals surface area contributed by atoms with E-state index in [9.17, 15) is 4.79 Å². The Hall–Kier alpha value is -2.30. The molecule has 1 amide bonds. The zero-order chi connectivity index (χ0) is 14.5. The molecule has 0 bridgehead atoms. The average Bonchev–Trinajstić information content (AvgIpc) is 2.88. The molecule has 0 spiro atoms. The molecule has 0 aliphatic rings. The van der Waals surface area contributed by atoms with Crippen molar-refractivity contribution in [2.45, 2.75) is 27.2 Å². The summed E-state index contributed by atoms with van der Waals surface area (Å²) in [5.41, 5.74) is 3.32. The molecule has 2 aromatic rings. The van der Waals surface area contributed by atoms with Gasteiger partial charge in [-0.25, -0.2) is 0 Å². The zero-order valence-electron chi connectivity index (χ0n) is 12.0. The number of aryl methyl sites for hydroxylation is 3. The van der Waals surface area contributed by atoms with E-state index < -0.39 is 0 Å². The number of ether oxygens (including phenoxy) is 1. The molecule has 0 fully saturated rings. The van der Waals surface area contributed by atoms with E-state index in [1.165, 1.54) is 5.56 Å². The van der Waals surface area contributed by atoms with Crippen molar-refractivity contribution < 1.29 is 9.53 Å². The maximum atomic E-state index is 11.7. The van der Waals surface area contributed by atoms with Crippen LogP contribution in [-0.2, 0) is 11.2 Å². The van der Waals surface area contributed by atoms with E-state index in [1.807, 2.05) is 45.0 Å². The summed E-state index contributed by atoms with van der Waals surface area (Å²) in [6, 6.07) is 7.57. The van der Waals surface area contributed by atoms with Gasteiger partial charge in [-0.05, 0) is 43.5 Å². The number of nitrogens with one attached hydrogen (secondary N) is 2. The van der Waals surface area contributed by atoms with Crippen LogP contribution >= 0.6 is 0 Å². The zero-order valence-corrected chi connectivity index (χ0v) is 12.0. The van der Waals surface area contributed by atoms with Gasteiger partial charge in [0.15, 0.2) is 12.4 Å². The van der Waals surface area contributed by atoms with Gasteiger partial charge < -0.3 is 10.1 Å². The number of hydrogen-bond donors (Lipinski definition) is 2. The second kappa shape index (κ2) is 6.23. The van der Waals surface area contributed by atoms with E-state index in [2.05, 4.69) is 15.5 Å². The molecule has 0 unspecified atom stereocenters. The molecule has 1 heterocycles. The summed E-state index contributed by atoms with van der Waals surface area (Å²) in [7, 11) is 0. The molecular weight excluding hydrogens is 254 g/mol. The lowest BCUT2D eigenvalue weighted by Crippen LogP contribution is -2.20. The number of aromatic amines is 1. The van der Waals surface area contributed by atoms with Gasteiger partial charge in [0.25, 0.3) is 5.91 Å². The molecule has 0 aliphatic carbocycles. The van der Waals surface area contributed by atoms with Crippen molar-refractivity contribution in [1.82, 2.24) is 10.2 Å². The van der Waals surface area contributed by atoms with Crippen molar-refractivity contribution in [3.05, 3.63) is 41.1 Å². The van der Waals surface area contributed by atoms with Gasteiger partial charge >= 0.3 is 0 Å². The fourth-order valence-electron chi connectivity index (χ4n) is 1.74. The molecule has 0 radical (unpaired) electrons. The van der Waals surface area contributed by atoms with E-state index >= 15 is 0 Å². The minimum atomic E-state index is -0.225. The molecule has 2 rings (SSSR count). The van der Waals surface area contributed by atoms with Crippen LogP contribution < -0.4 is 10.1 Å². The van der Waals surface area contributed by atoms with Gasteiger partial charge in [0.2, 0.25) is 0 Å². The van der Waals surface area contributed by atoms with Crippen LogP contribution in [0, 0.1) is 13.8 Å². The Labute approximate surface area is 118 Å². The van der Waals surface area contributed by atoms with E-state index in [0.717, 1.165) is 17.7 Å². The van der Waals surface area contributed by atoms with Crippen LogP contribution in [0.2, 0.25) is 0 Å². The summed E-state index contributed by atoms with van der Waals surface area (Å²) in [6.45, 7) is 6.03. The number of amides is 1. The summed E-state index contributed by atoms with van der Waals surface area (Å²) >= 11 is 0. The number of aromatic nitrogens is 2. The molecule has 1 aromatic carbocycles. The smallest absolute Gasteiger partial charge is 0.263 e. The number of hydrogen-bond acceptors (Lipinski definition) is 3. The topological polar surface area (TPSA) is 67.0 Å². The molecule has 20 heavy (non-hydrogen) atoms. The maximum Gasteiger partial charge on any atom is 0.263 e. The number of carbonyl (C=O) groups is 1. The largest absolute Gasteiger partial charge is 0.484 e. The number of benzene rings is 1. The highest BCUT2D eigenvalue weighted by Crippen LogP contribution is 2.16. The second-order valence-corrected chi connectivity index (χ2v) is 4.71. The highest BCUT2D eigenvalue weighted by molar-refractivity contribution is 5.90. The number of H-pyrrole nitrogens is 1. The van der Waals surface area contributed by atoms with Crippen LogP contribution in [0.15, 0.2) is 24.3 Å². The number of anilines is 1. The van der Waals surface area contributed by atoms with E-state index in [4.69, 9.17) is 4.74 Å². The average molecular weight is 273 g/mol. The molecule has 0 aliphatic heterocycles. The Morgan fingerprint density at radius 1 is 1.30 bits per heavy atom. The highest BCUT2D eigenvalue weighted by atomic mass is 16.5. The van der Waals surface area contributed by atoms with Gasteiger partial charge in [-0.3, -0.25) is 9.89 Å². The van der Waals surface area contributed by atoms with Crippen molar-refractivity contribution in [3.63, 3.8) is 0 Å². The molecule has 0 atom stereocenters. The predicted octanol–water partition coefficient (Wildman–Crippen LogP) is 2.61. The number of nitrogens with zero attached hydrogens (tertiary/aromatic N) is 1. The predicted molar refractivity (Wildman–Crippen MR) is 78.0 cm³/mol. The standard InChI is InChI=1S/C15H19N3O2/c1-4-12-8-14(18-17-12)16-15(19)9-20-13-6-5-10(2)11(3)7-13/h5-8H,4,9H2,1-3H3,(H2,16,17,18,19). The van der Waals surface area contributed by atoms with Gasteiger partial charge in [0, 0.05) is 11.8 Å². The molecule has 106 valence electrons. The van der Waals surface area contributed by atoms with Gasteiger partial charge in [-0.15, -0.1) is 0 Å². The summed E-state index contributed by atoms with van der Waals surface area (Å²) in [4.78, 5) is 11.7. The second-order valence-electron chi connectivity index (χ2n) is 4.71. The van der Waals surface area contributed by atoms with Crippen LogP contribution in [0.5, 0.6) is 5.75 Å². The maximum absolute atomic E-state index is 11.7. The summed E-state index contributed by atoms with van der Waals surface area (Å²) in [6.07, 6.45) is 0.849. The first-order chi connectivity index (χ1) is 9.58. The molecule has 0 saturated carbocycles. The van der Waals surface area contributed by atoms with E-state index in [-0.39, 0.29) is 12.5 Å². The molecule has 5 heteroatoms. The quantitative estimate of drug-likeness (QED) is 0.880. The Bertz CT molecular complexity index is 605. The van der Waals surface area contributed by atoms with Crippen LogP contribution in [0.3, 0.4) is 0 Å². The first kappa shape index (κ1) is 14.1. The summed E-state index contributed by atoms with van der Waals surface area (Å²) in [5.74, 6) is 0.993. The van der Waals surface area contributed by atoms with Gasteiger partial charge in [-0.2, -0.15) is 5.10 Å². The molecule has 5 nitrogen and oxygen atoms in total. The van der Waals surface area contributed by atoms with Crippen LogP contribution in [0.25, 0.3) is 0 Å². The summed E-state index contributed by atoms with van der Waals surface area (Å²) < 4.78 is 5.46. The van der Waals surface area contributed by atoms with Crippen molar-refractivity contribution in [2.75, 3.05) is 11.9 Å². The van der Waals surface area contributed by atoms with Crippen molar-refractivity contribution in [3.8, 4) is 5.75 Å². The molecule has 1 aromatic heterocycles. The normalized spacial score (nSPS) is 10.3. The fourth-order valence-corrected chi connectivity index (χ4v) is 1.74. The Kier molecular flexibility index (Phi) is 4.40. The Balaban J connectivity index is 1.87. The first-order valence-corrected chi connectivity index (χ1v) is 6.62. The van der Waals surface area contributed by atoms with Crippen LogP contribution in [-0.4, -0.2) is 22.7 Å².